The summed E-state index contributed by atoms with van der Waals surface area (Å²) in [7, 11) is 0. The molecule has 0 bridgehead atoms. The van der Waals surface area contributed by atoms with Crippen LogP contribution in [0.15, 0.2) is 182 Å². The fourth-order valence-electron chi connectivity index (χ4n) is 7.90. The van der Waals surface area contributed by atoms with Crippen LogP contribution in [-0.4, -0.2) is 0 Å². The van der Waals surface area contributed by atoms with Crippen LogP contribution >= 0.6 is 22.7 Å². The molecule has 0 N–H and O–H groups in total. The molecule has 11 rings (SSSR count). The zero-order chi connectivity index (χ0) is 34.2. The summed E-state index contributed by atoms with van der Waals surface area (Å²) in [5.74, 6) is 0. The molecule has 0 aliphatic heterocycles. The van der Waals surface area contributed by atoms with Gasteiger partial charge in [-0.05, 0) is 107 Å². The topological polar surface area (TPSA) is 0 Å². The lowest BCUT2D eigenvalue weighted by Gasteiger charge is -2.10. The minimum absolute atomic E-state index is 1.22. The van der Waals surface area contributed by atoms with E-state index in [0.29, 0.717) is 0 Å². The zero-order valence-corrected chi connectivity index (χ0v) is 29.8. The van der Waals surface area contributed by atoms with Crippen LogP contribution in [0.3, 0.4) is 0 Å². The van der Waals surface area contributed by atoms with Crippen LogP contribution < -0.4 is 0 Å². The lowest BCUT2D eigenvalue weighted by atomic mass is 9.95. The normalized spacial score (nSPS) is 11.8. The second-order valence-corrected chi connectivity index (χ2v) is 15.8. The van der Waals surface area contributed by atoms with Crippen molar-refractivity contribution in [3.63, 3.8) is 0 Å². The minimum atomic E-state index is 1.22. The summed E-state index contributed by atoms with van der Waals surface area (Å²) in [6.45, 7) is 0. The van der Waals surface area contributed by atoms with E-state index in [1.165, 1.54) is 106 Å². The Morgan fingerprint density at radius 3 is 1.27 bits per heavy atom. The quantitative estimate of drug-likeness (QED) is 0.172. The van der Waals surface area contributed by atoms with E-state index in [-0.39, 0.29) is 0 Å². The van der Waals surface area contributed by atoms with Gasteiger partial charge in [0.15, 0.2) is 0 Å². The van der Waals surface area contributed by atoms with E-state index in [1.807, 2.05) is 22.7 Å². The number of hydrogen-bond acceptors (Lipinski definition) is 2. The Labute approximate surface area is 309 Å². The first-order valence-electron chi connectivity index (χ1n) is 17.7. The predicted octanol–water partition coefficient (Wildman–Crippen LogP) is 15.4. The van der Waals surface area contributed by atoms with Crippen molar-refractivity contribution in [1.29, 1.82) is 0 Å². The van der Waals surface area contributed by atoms with Gasteiger partial charge in [-0.25, -0.2) is 0 Å². The summed E-state index contributed by atoms with van der Waals surface area (Å²) in [5, 5.41) is 10.5. The molecule has 9 aromatic carbocycles. The molecule has 0 saturated carbocycles. The van der Waals surface area contributed by atoms with Crippen molar-refractivity contribution in [2.45, 2.75) is 0 Å². The van der Waals surface area contributed by atoms with Crippen molar-refractivity contribution < 1.29 is 0 Å². The summed E-state index contributed by atoms with van der Waals surface area (Å²) in [6.07, 6.45) is 0. The first-order valence-corrected chi connectivity index (χ1v) is 19.4. The Bertz CT molecular complexity index is 3140. The fourth-order valence-corrected chi connectivity index (χ4v) is 10.6. The number of rotatable bonds is 4. The standard InChI is InChI=1S/C50H30S2/c1-2-8-39-29-47-45(27-38(39)7-1)49-50(51-47)46-28-42-26-40(24-25-41(42)30-48(46)52-49)35-18-16-33(17-19-35)31-12-14-32(15-13-31)34-20-22-37(23-21-34)44-11-5-9-36-6-3-4-10-43(36)44/h1-30H. The average Bonchev–Trinajstić information content (AvgIpc) is 3.74. The molecule has 0 aliphatic carbocycles. The second-order valence-electron chi connectivity index (χ2n) is 13.7. The van der Waals surface area contributed by atoms with Gasteiger partial charge in [0.2, 0.25) is 0 Å². The third kappa shape index (κ3) is 4.87. The number of fused-ring (bicyclic) bond motifs is 8. The maximum Gasteiger partial charge on any atom is 0.0542 e. The number of thiophene rings is 2. The lowest BCUT2D eigenvalue weighted by Crippen LogP contribution is -1.84. The predicted molar refractivity (Wildman–Crippen MR) is 229 cm³/mol. The Hall–Kier alpha value is -6.06. The van der Waals surface area contributed by atoms with Gasteiger partial charge in [-0.2, -0.15) is 0 Å². The largest absolute Gasteiger partial charge is 0.134 e. The SMILES string of the molecule is c1ccc2cc3c(cc2c1)sc1c2cc4cc(-c5ccc(-c6ccc(-c7ccc(-c8cccc9ccccc89)cc7)cc6)cc5)ccc4cc2sc31. The third-order valence-corrected chi connectivity index (χ3v) is 13.2. The van der Waals surface area contributed by atoms with Gasteiger partial charge >= 0.3 is 0 Å². The van der Waals surface area contributed by atoms with Gasteiger partial charge in [-0.1, -0.05) is 152 Å². The van der Waals surface area contributed by atoms with Crippen molar-refractivity contribution in [2.75, 3.05) is 0 Å². The van der Waals surface area contributed by atoms with Crippen LogP contribution in [0.4, 0.5) is 0 Å². The van der Waals surface area contributed by atoms with Gasteiger partial charge in [-0.3, -0.25) is 0 Å². The van der Waals surface area contributed by atoms with Gasteiger partial charge in [0.1, 0.15) is 0 Å². The van der Waals surface area contributed by atoms with Gasteiger partial charge in [-0.15, -0.1) is 22.7 Å². The molecule has 0 saturated heterocycles. The molecule has 2 heteroatoms. The molecule has 242 valence electrons. The Kier molecular flexibility index (Phi) is 6.70. The van der Waals surface area contributed by atoms with Crippen LogP contribution in [0.5, 0.6) is 0 Å². The molecule has 0 unspecified atom stereocenters. The molecule has 2 heterocycles. The average molecular weight is 695 g/mol. The highest BCUT2D eigenvalue weighted by molar-refractivity contribution is 7.36. The maximum atomic E-state index is 2.41. The molecule has 11 aromatic rings. The Morgan fingerprint density at radius 2 is 0.673 bits per heavy atom. The van der Waals surface area contributed by atoms with Gasteiger partial charge in [0, 0.05) is 20.2 Å². The lowest BCUT2D eigenvalue weighted by molar-refractivity contribution is 1.58. The van der Waals surface area contributed by atoms with Crippen LogP contribution in [0, 0.1) is 0 Å². The summed E-state index contributed by atoms with van der Waals surface area (Å²) >= 11 is 3.86. The number of benzene rings is 9. The van der Waals surface area contributed by atoms with Crippen molar-refractivity contribution in [2.24, 2.45) is 0 Å². The van der Waals surface area contributed by atoms with E-state index in [0.717, 1.165) is 0 Å². The van der Waals surface area contributed by atoms with E-state index >= 15 is 0 Å². The first-order chi connectivity index (χ1) is 25.7. The highest BCUT2D eigenvalue weighted by Gasteiger charge is 2.14. The van der Waals surface area contributed by atoms with Crippen molar-refractivity contribution >= 4 is 84.6 Å². The van der Waals surface area contributed by atoms with Crippen LogP contribution in [-0.2, 0) is 0 Å². The van der Waals surface area contributed by atoms with E-state index in [2.05, 4.69) is 182 Å². The third-order valence-electron chi connectivity index (χ3n) is 10.7. The van der Waals surface area contributed by atoms with Crippen molar-refractivity contribution in [1.82, 2.24) is 0 Å². The smallest absolute Gasteiger partial charge is 0.0542 e. The highest BCUT2D eigenvalue weighted by Crippen LogP contribution is 2.46. The van der Waals surface area contributed by atoms with E-state index in [9.17, 15) is 0 Å². The van der Waals surface area contributed by atoms with E-state index in [1.54, 1.807) is 0 Å². The molecule has 52 heavy (non-hydrogen) atoms. The maximum absolute atomic E-state index is 2.41. The fraction of sp³-hybridized carbons (Fsp3) is 0. The van der Waals surface area contributed by atoms with Crippen LogP contribution in [0.2, 0.25) is 0 Å². The van der Waals surface area contributed by atoms with Crippen molar-refractivity contribution in [3.8, 4) is 44.5 Å². The van der Waals surface area contributed by atoms with Crippen molar-refractivity contribution in [3.05, 3.63) is 182 Å². The molecular weight excluding hydrogens is 665 g/mol. The highest BCUT2D eigenvalue weighted by atomic mass is 32.1. The van der Waals surface area contributed by atoms with Crippen LogP contribution in [0.1, 0.15) is 0 Å². The summed E-state index contributed by atoms with van der Waals surface area (Å²) in [5.41, 5.74) is 9.89. The van der Waals surface area contributed by atoms with Gasteiger partial charge < -0.3 is 0 Å². The molecule has 0 fully saturated rings. The molecule has 0 nitrogen and oxygen atoms in total. The van der Waals surface area contributed by atoms with Gasteiger partial charge in [0.25, 0.3) is 0 Å². The first kappa shape index (κ1) is 29.6. The molecule has 0 radical (unpaired) electrons. The minimum Gasteiger partial charge on any atom is -0.134 e. The Morgan fingerprint density at radius 1 is 0.250 bits per heavy atom. The second kappa shape index (κ2) is 11.7. The molecule has 0 amide bonds. The van der Waals surface area contributed by atoms with E-state index < -0.39 is 0 Å². The van der Waals surface area contributed by atoms with E-state index in [4.69, 9.17) is 0 Å². The number of hydrogen-bond donors (Lipinski definition) is 0. The van der Waals surface area contributed by atoms with Crippen LogP contribution in [0.25, 0.3) is 106 Å². The molecule has 0 atom stereocenters. The summed E-state index contributed by atoms with van der Waals surface area (Å²) in [6, 6.07) is 67.2. The van der Waals surface area contributed by atoms with Gasteiger partial charge in [0.05, 0.1) is 9.40 Å². The molecule has 2 aromatic heterocycles. The molecule has 0 spiro atoms. The monoisotopic (exact) mass is 694 g/mol. The summed E-state index contributed by atoms with van der Waals surface area (Å²) < 4.78 is 5.56. The zero-order valence-electron chi connectivity index (χ0n) is 28.1. The molecule has 0 aliphatic rings. The Balaban J connectivity index is 0.867. The molecular formula is C50H30S2. The summed E-state index contributed by atoms with van der Waals surface area (Å²) in [4.78, 5) is 0.